The largest absolute Gasteiger partial charge is 0.491 e. The molecule has 0 aliphatic rings. The molecule has 2 aromatic carbocycles. The van der Waals surface area contributed by atoms with Crippen LogP contribution in [-0.2, 0) is 11.2 Å². The number of ether oxygens (including phenoxy) is 1. The van der Waals surface area contributed by atoms with Gasteiger partial charge in [-0.05, 0) is 44.5 Å². The molecule has 1 amide bonds. The Bertz CT molecular complexity index is 917. The molecule has 0 aliphatic carbocycles. The zero-order valence-corrected chi connectivity index (χ0v) is 16.0. The number of aryl methyl sites for hydroxylation is 1. The second kappa shape index (κ2) is 8.54. The fourth-order valence-electron chi connectivity index (χ4n) is 3.01. The maximum atomic E-state index is 12.7. The molecule has 0 fully saturated rings. The van der Waals surface area contributed by atoms with Gasteiger partial charge in [-0.25, -0.2) is 4.68 Å². The van der Waals surface area contributed by atoms with Crippen molar-refractivity contribution in [2.45, 2.75) is 33.6 Å². The van der Waals surface area contributed by atoms with Crippen LogP contribution in [0.2, 0.25) is 0 Å². The van der Waals surface area contributed by atoms with Crippen LogP contribution in [0.1, 0.15) is 30.3 Å². The molecule has 0 bridgehead atoms. The lowest BCUT2D eigenvalue weighted by Crippen LogP contribution is -2.16. The van der Waals surface area contributed by atoms with Crippen molar-refractivity contribution >= 4 is 11.6 Å². The number of anilines is 1. The van der Waals surface area contributed by atoms with Crippen molar-refractivity contribution in [1.29, 1.82) is 0 Å². The zero-order valence-electron chi connectivity index (χ0n) is 16.0. The van der Waals surface area contributed by atoms with Crippen molar-refractivity contribution in [2.75, 3.05) is 11.9 Å². The molecule has 140 valence electrons. The molecule has 0 atom stereocenters. The summed E-state index contributed by atoms with van der Waals surface area (Å²) in [6, 6.07) is 17.5. The molecule has 1 aromatic heterocycles. The van der Waals surface area contributed by atoms with E-state index in [0.29, 0.717) is 18.0 Å². The monoisotopic (exact) mass is 363 g/mol. The van der Waals surface area contributed by atoms with Crippen LogP contribution in [0, 0.1) is 13.8 Å². The highest BCUT2D eigenvalue weighted by molar-refractivity contribution is 5.93. The number of para-hydroxylation sites is 3. The second-order valence-corrected chi connectivity index (χ2v) is 6.47. The van der Waals surface area contributed by atoms with E-state index in [1.54, 1.807) is 0 Å². The zero-order chi connectivity index (χ0) is 19.2. The van der Waals surface area contributed by atoms with Crippen LogP contribution in [0.25, 0.3) is 5.69 Å². The molecule has 3 aromatic rings. The molecule has 1 N–H and O–H groups in total. The molecule has 1 heterocycles. The van der Waals surface area contributed by atoms with E-state index in [1.165, 1.54) is 0 Å². The average molecular weight is 363 g/mol. The maximum Gasteiger partial charge on any atom is 0.229 e. The first-order chi connectivity index (χ1) is 13.1. The first-order valence-corrected chi connectivity index (χ1v) is 9.22. The third-order valence-corrected chi connectivity index (χ3v) is 4.40. The van der Waals surface area contributed by atoms with E-state index in [0.717, 1.165) is 29.1 Å². The minimum atomic E-state index is -0.0821. The summed E-state index contributed by atoms with van der Waals surface area (Å²) in [6.45, 7) is 6.60. The van der Waals surface area contributed by atoms with Crippen LogP contribution in [-0.4, -0.2) is 22.3 Å². The third-order valence-electron chi connectivity index (χ3n) is 4.40. The topological polar surface area (TPSA) is 56.1 Å². The van der Waals surface area contributed by atoms with Crippen LogP contribution < -0.4 is 10.1 Å². The summed E-state index contributed by atoms with van der Waals surface area (Å²) < 4.78 is 7.60. The van der Waals surface area contributed by atoms with Gasteiger partial charge in [0, 0.05) is 11.3 Å². The van der Waals surface area contributed by atoms with Crippen LogP contribution in [0.5, 0.6) is 5.75 Å². The SMILES string of the molecule is CCCOc1ccccc1NC(=O)Cc1c(C)nn(-c2ccccc2)c1C. The summed E-state index contributed by atoms with van der Waals surface area (Å²) in [4.78, 5) is 12.7. The van der Waals surface area contributed by atoms with E-state index in [2.05, 4.69) is 17.3 Å². The lowest BCUT2D eigenvalue weighted by atomic mass is 10.1. The van der Waals surface area contributed by atoms with Crippen molar-refractivity contribution in [3.8, 4) is 11.4 Å². The van der Waals surface area contributed by atoms with Crippen LogP contribution in [0.4, 0.5) is 5.69 Å². The number of hydrogen-bond donors (Lipinski definition) is 1. The normalized spacial score (nSPS) is 10.6. The minimum absolute atomic E-state index is 0.0821. The van der Waals surface area contributed by atoms with Gasteiger partial charge in [0.05, 0.1) is 30.1 Å². The highest BCUT2D eigenvalue weighted by atomic mass is 16.5. The molecular formula is C22H25N3O2. The number of nitrogens with zero attached hydrogens (tertiary/aromatic N) is 2. The predicted molar refractivity (Wildman–Crippen MR) is 108 cm³/mol. The van der Waals surface area contributed by atoms with Crippen molar-refractivity contribution in [1.82, 2.24) is 9.78 Å². The Labute approximate surface area is 160 Å². The summed E-state index contributed by atoms with van der Waals surface area (Å²) in [6.07, 6.45) is 1.19. The summed E-state index contributed by atoms with van der Waals surface area (Å²) in [5.41, 5.74) is 4.47. The van der Waals surface area contributed by atoms with Gasteiger partial charge in [-0.1, -0.05) is 37.3 Å². The van der Waals surface area contributed by atoms with Crippen LogP contribution in [0.3, 0.4) is 0 Å². The lowest BCUT2D eigenvalue weighted by molar-refractivity contribution is -0.115. The number of nitrogens with one attached hydrogen (secondary N) is 1. The van der Waals surface area contributed by atoms with Crippen molar-refractivity contribution in [3.63, 3.8) is 0 Å². The molecule has 0 unspecified atom stereocenters. The van der Waals surface area contributed by atoms with E-state index in [1.807, 2.05) is 73.1 Å². The number of amides is 1. The highest BCUT2D eigenvalue weighted by Crippen LogP contribution is 2.25. The van der Waals surface area contributed by atoms with Gasteiger partial charge in [-0.2, -0.15) is 5.10 Å². The number of rotatable bonds is 7. The Morgan fingerprint density at radius 1 is 1.07 bits per heavy atom. The van der Waals surface area contributed by atoms with Crippen molar-refractivity contribution < 1.29 is 9.53 Å². The maximum absolute atomic E-state index is 12.7. The number of carbonyl (C=O) groups excluding carboxylic acids is 1. The first-order valence-electron chi connectivity index (χ1n) is 9.22. The van der Waals surface area contributed by atoms with Crippen LogP contribution in [0.15, 0.2) is 54.6 Å². The van der Waals surface area contributed by atoms with E-state index in [9.17, 15) is 4.79 Å². The van der Waals surface area contributed by atoms with Gasteiger partial charge in [0.25, 0.3) is 0 Å². The Hall–Kier alpha value is -3.08. The Balaban J connectivity index is 1.77. The molecule has 0 saturated heterocycles. The summed E-state index contributed by atoms with van der Waals surface area (Å²) in [5.74, 6) is 0.613. The fourth-order valence-corrected chi connectivity index (χ4v) is 3.01. The standard InChI is InChI=1S/C22H25N3O2/c1-4-14-27-21-13-9-8-12-20(21)23-22(26)15-19-16(2)24-25(17(19)3)18-10-6-5-7-11-18/h5-13H,4,14-15H2,1-3H3,(H,23,26). The van der Waals surface area contributed by atoms with Crippen molar-refractivity contribution in [3.05, 3.63) is 71.5 Å². The third kappa shape index (κ3) is 4.37. The van der Waals surface area contributed by atoms with Gasteiger partial charge < -0.3 is 10.1 Å². The van der Waals surface area contributed by atoms with Gasteiger partial charge in [0.1, 0.15) is 5.75 Å². The minimum Gasteiger partial charge on any atom is -0.491 e. The lowest BCUT2D eigenvalue weighted by Gasteiger charge is -2.12. The molecular weight excluding hydrogens is 338 g/mol. The Kier molecular flexibility index (Phi) is 5.91. The summed E-state index contributed by atoms with van der Waals surface area (Å²) in [7, 11) is 0. The van der Waals surface area contributed by atoms with Crippen LogP contribution >= 0.6 is 0 Å². The average Bonchev–Trinajstić information content (AvgIpc) is 2.96. The van der Waals surface area contributed by atoms with Gasteiger partial charge in [0.15, 0.2) is 0 Å². The molecule has 0 aliphatic heterocycles. The van der Waals surface area contributed by atoms with Gasteiger partial charge >= 0.3 is 0 Å². The van der Waals surface area contributed by atoms with E-state index >= 15 is 0 Å². The van der Waals surface area contributed by atoms with E-state index in [4.69, 9.17) is 4.74 Å². The van der Waals surface area contributed by atoms with Gasteiger partial charge in [-0.15, -0.1) is 0 Å². The predicted octanol–water partition coefficient (Wildman–Crippen LogP) is 4.46. The van der Waals surface area contributed by atoms with Gasteiger partial charge in [-0.3, -0.25) is 4.79 Å². The Morgan fingerprint density at radius 3 is 2.52 bits per heavy atom. The fraction of sp³-hybridized carbons (Fsp3) is 0.273. The van der Waals surface area contributed by atoms with E-state index in [-0.39, 0.29) is 12.3 Å². The number of hydrogen-bond acceptors (Lipinski definition) is 3. The summed E-state index contributed by atoms with van der Waals surface area (Å²) in [5, 5.41) is 7.58. The van der Waals surface area contributed by atoms with E-state index < -0.39 is 0 Å². The molecule has 0 spiro atoms. The quantitative estimate of drug-likeness (QED) is 0.674. The molecule has 5 nitrogen and oxygen atoms in total. The molecule has 27 heavy (non-hydrogen) atoms. The molecule has 3 rings (SSSR count). The molecule has 5 heteroatoms. The van der Waals surface area contributed by atoms with Crippen molar-refractivity contribution in [2.24, 2.45) is 0 Å². The molecule has 0 radical (unpaired) electrons. The first kappa shape index (κ1) is 18.7. The Morgan fingerprint density at radius 2 is 1.78 bits per heavy atom. The highest BCUT2D eigenvalue weighted by Gasteiger charge is 2.17. The van der Waals surface area contributed by atoms with Gasteiger partial charge in [0.2, 0.25) is 5.91 Å². The second-order valence-electron chi connectivity index (χ2n) is 6.47. The summed E-state index contributed by atoms with van der Waals surface area (Å²) >= 11 is 0. The number of aromatic nitrogens is 2. The smallest absolute Gasteiger partial charge is 0.229 e. The number of carbonyl (C=O) groups is 1. The number of benzene rings is 2. The molecule has 0 saturated carbocycles.